The van der Waals surface area contributed by atoms with Crippen LogP contribution in [-0.2, 0) is 0 Å². The summed E-state index contributed by atoms with van der Waals surface area (Å²) in [6.45, 7) is 2.09. The van der Waals surface area contributed by atoms with Crippen LogP contribution in [0.1, 0.15) is 18.4 Å². The molecule has 1 N–H and O–H groups in total. The van der Waals surface area contributed by atoms with Gasteiger partial charge in [0.05, 0.1) is 5.69 Å². The Bertz CT molecular complexity index is 883. The minimum Gasteiger partial charge on any atom is -0.454 e. The molecule has 0 saturated heterocycles. The van der Waals surface area contributed by atoms with Gasteiger partial charge in [0.2, 0.25) is 0 Å². The van der Waals surface area contributed by atoms with Gasteiger partial charge in [-0.2, -0.15) is 0 Å². The highest BCUT2D eigenvalue weighted by atomic mass is 16.3. The molecule has 2 nitrogen and oxygen atoms in total. The zero-order chi connectivity index (χ0) is 14.2. The van der Waals surface area contributed by atoms with Crippen molar-refractivity contribution in [2.75, 3.05) is 5.32 Å². The molecule has 1 aromatic heterocycles. The van der Waals surface area contributed by atoms with Crippen molar-refractivity contribution in [2.45, 2.75) is 19.8 Å². The monoisotopic (exact) mass is 275 g/mol. The molecule has 0 atom stereocenters. The number of anilines is 1. The summed E-state index contributed by atoms with van der Waals surface area (Å²) in [7, 11) is 0. The smallest absolute Gasteiger partial charge is 0.158 e. The molecule has 1 aliphatic carbocycles. The largest absolute Gasteiger partial charge is 0.454 e. The Morgan fingerprint density at radius 2 is 1.81 bits per heavy atom. The van der Waals surface area contributed by atoms with Gasteiger partial charge < -0.3 is 9.73 Å². The lowest BCUT2D eigenvalue weighted by Gasteiger charge is -2.12. The number of furan rings is 1. The van der Waals surface area contributed by atoms with Crippen LogP contribution in [0.25, 0.3) is 21.9 Å². The Hall–Kier alpha value is -2.48. The van der Waals surface area contributed by atoms with Gasteiger partial charge in [-0.05, 0) is 37.5 Å². The van der Waals surface area contributed by atoms with Crippen LogP contribution >= 0.6 is 0 Å². The van der Waals surface area contributed by atoms with Crippen LogP contribution < -0.4 is 5.32 Å². The molecule has 0 aliphatic heterocycles. The van der Waals surface area contributed by atoms with Gasteiger partial charge in [0.1, 0.15) is 5.58 Å². The number of fused-ring (bicyclic) bond motifs is 3. The van der Waals surface area contributed by atoms with E-state index in [0.29, 0.717) is 0 Å². The van der Waals surface area contributed by atoms with Crippen molar-refractivity contribution in [3.63, 3.8) is 0 Å². The first-order chi connectivity index (χ1) is 10.3. The molecule has 0 amide bonds. The summed E-state index contributed by atoms with van der Waals surface area (Å²) in [6, 6.07) is 12.6. The fraction of sp³-hybridized carbons (Fsp3) is 0.158. The summed E-state index contributed by atoms with van der Waals surface area (Å²) in [5.74, 6) is 0. The first kappa shape index (κ1) is 12.3. The van der Waals surface area contributed by atoms with Crippen molar-refractivity contribution in [3.05, 3.63) is 65.9 Å². The van der Waals surface area contributed by atoms with E-state index >= 15 is 0 Å². The highest BCUT2D eigenvalue weighted by Crippen LogP contribution is 2.35. The lowest BCUT2D eigenvalue weighted by molar-refractivity contribution is 0.666. The highest BCUT2D eigenvalue weighted by Gasteiger charge is 2.12. The third-order valence-electron chi connectivity index (χ3n) is 4.03. The predicted molar refractivity (Wildman–Crippen MR) is 88.5 cm³/mol. The second-order valence-corrected chi connectivity index (χ2v) is 5.52. The summed E-state index contributed by atoms with van der Waals surface area (Å²) in [5.41, 5.74) is 5.39. The number of aryl methyl sites for hydroxylation is 1. The Morgan fingerprint density at radius 1 is 1.00 bits per heavy atom. The van der Waals surface area contributed by atoms with Crippen LogP contribution in [0.5, 0.6) is 0 Å². The van der Waals surface area contributed by atoms with E-state index < -0.39 is 0 Å². The van der Waals surface area contributed by atoms with Crippen molar-refractivity contribution < 1.29 is 4.42 Å². The van der Waals surface area contributed by atoms with Crippen LogP contribution in [0.4, 0.5) is 5.69 Å². The summed E-state index contributed by atoms with van der Waals surface area (Å²) < 4.78 is 6.15. The van der Waals surface area contributed by atoms with Gasteiger partial charge in [-0.3, -0.25) is 0 Å². The summed E-state index contributed by atoms with van der Waals surface area (Å²) in [5, 5.41) is 5.88. The maximum absolute atomic E-state index is 6.15. The topological polar surface area (TPSA) is 25.2 Å². The van der Waals surface area contributed by atoms with Crippen LogP contribution in [0.3, 0.4) is 0 Å². The van der Waals surface area contributed by atoms with Crippen LogP contribution in [-0.4, -0.2) is 0 Å². The summed E-state index contributed by atoms with van der Waals surface area (Å²) in [6.07, 6.45) is 8.57. The minimum absolute atomic E-state index is 0.942. The van der Waals surface area contributed by atoms with Gasteiger partial charge in [-0.1, -0.05) is 42.5 Å². The van der Waals surface area contributed by atoms with Gasteiger partial charge >= 0.3 is 0 Å². The van der Waals surface area contributed by atoms with Gasteiger partial charge in [-0.25, -0.2) is 0 Å². The Morgan fingerprint density at radius 3 is 2.62 bits per heavy atom. The van der Waals surface area contributed by atoms with Gasteiger partial charge in [0, 0.05) is 16.5 Å². The third-order valence-corrected chi connectivity index (χ3v) is 4.03. The predicted octanol–water partition coefficient (Wildman–Crippen LogP) is 5.54. The highest BCUT2D eigenvalue weighted by molar-refractivity contribution is 6.09. The maximum atomic E-state index is 6.15. The molecule has 2 heteroatoms. The van der Waals surface area contributed by atoms with Crippen LogP contribution in [0.2, 0.25) is 0 Å². The fourth-order valence-corrected chi connectivity index (χ4v) is 2.94. The normalized spacial score (nSPS) is 14.6. The van der Waals surface area contributed by atoms with Crippen molar-refractivity contribution in [1.82, 2.24) is 0 Å². The second kappa shape index (κ2) is 4.81. The average Bonchev–Trinajstić information content (AvgIpc) is 2.90. The molecule has 0 radical (unpaired) electrons. The molecule has 1 heterocycles. The van der Waals surface area contributed by atoms with E-state index in [0.717, 1.165) is 29.7 Å². The van der Waals surface area contributed by atoms with E-state index in [4.69, 9.17) is 4.42 Å². The lowest BCUT2D eigenvalue weighted by atomic mass is 10.1. The average molecular weight is 275 g/mol. The quantitative estimate of drug-likeness (QED) is 0.664. The van der Waals surface area contributed by atoms with Crippen molar-refractivity contribution >= 4 is 27.6 Å². The summed E-state index contributed by atoms with van der Waals surface area (Å²) in [4.78, 5) is 0. The molecule has 3 aromatic rings. The standard InChI is InChI=1S/C19H17NO/c1-13-7-5-10-15-16-11-6-12-17(19(16)21-18(13)15)20-14-8-3-2-4-9-14/h2-3,5-8,10-12,20H,4,9H2,1H3. The first-order valence-electron chi connectivity index (χ1n) is 7.36. The van der Waals surface area contributed by atoms with Crippen molar-refractivity contribution in [3.8, 4) is 0 Å². The number of hydrogen-bond acceptors (Lipinski definition) is 2. The second-order valence-electron chi connectivity index (χ2n) is 5.52. The van der Waals surface area contributed by atoms with E-state index in [1.807, 2.05) is 0 Å². The Kier molecular flexibility index (Phi) is 2.81. The molecule has 0 bridgehead atoms. The summed E-state index contributed by atoms with van der Waals surface area (Å²) >= 11 is 0. The van der Waals surface area contributed by atoms with Crippen molar-refractivity contribution in [1.29, 1.82) is 0 Å². The Labute approximate surface area is 123 Å². The lowest BCUT2D eigenvalue weighted by Crippen LogP contribution is -2.01. The molecule has 1 aliphatic rings. The molecule has 104 valence electrons. The molecule has 0 fully saturated rings. The minimum atomic E-state index is 0.942. The number of benzene rings is 2. The first-order valence-corrected chi connectivity index (χ1v) is 7.36. The van der Waals surface area contributed by atoms with E-state index in [1.165, 1.54) is 22.0 Å². The van der Waals surface area contributed by atoms with E-state index in [9.17, 15) is 0 Å². The van der Waals surface area contributed by atoms with Gasteiger partial charge in [0.15, 0.2) is 5.58 Å². The molecule has 0 spiro atoms. The molecular formula is C19H17NO. The maximum Gasteiger partial charge on any atom is 0.158 e. The molecule has 4 rings (SSSR count). The SMILES string of the molecule is Cc1cccc2c1oc1c(NC3=CC=CCC3)cccc12. The van der Waals surface area contributed by atoms with E-state index in [-0.39, 0.29) is 0 Å². The number of para-hydroxylation sites is 2. The molecule has 0 saturated carbocycles. The van der Waals surface area contributed by atoms with E-state index in [1.54, 1.807) is 0 Å². The molecule has 0 unspecified atom stereocenters. The van der Waals surface area contributed by atoms with Gasteiger partial charge in [-0.15, -0.1) is 0 Å². The number of hydrogen-bond donors (Lipinski definition) is 1. The van der Waals surface area contributed by atoms with Crippen molar-refractivity contribution in [2.24, 2.45) is 0 Å². The molecule has 2 aromatic carbocycles. The van der Waals surface area contributed by atoms with Crippen LogP contribution in [0.15, 0.2) is 64.7 Å². The van der Waals surface area contributed by atoms with E-state index in [2.05, 4.69) is 66.9 Å². The number of rotatable bonds is 2. The zero-order valence-corrected chi connectivity index (χ0v) is 12.0. The van der Waals surface area contributed by atoms with Crippen LogP contribution in [0, 0.1) is 6.92 Å². The van der Waals surface area contributed by atoms with Gasteiger partial charge in [0.25, 0.3) is 0 Å². The Balaban J connectivity index is 1.90. The molecular weight excluding hydrogens is 258 g/mol. The zero-order valence-electron chi connectivity index (χ0n) is 12.0. The molecule has 21 heavy (non-hydrogen) atoms. The fourth-order valence-electron chi connectivity index (χ4n) is 2.94. The third kappa shape index (κ3) is 2.04. The number of allylic oxidation sites excluding steroid dienone is 4. The number of nitrogens with one attached hydrogen (secondary N) is 1.